The van der Waals surface area contributed by atoms with E-state index >= 15 is 0 Å². The SMILES string of the molecule is COC(=O)Cc1c(CF)ncc(OC(F)(F)F)c1OC. The fourth-order valence-corrected chi connectivity index (χ4v) is 1.49. The van der Waals surface area contributed by atoms with E-state index < -0.39 is 36.9 Å². The highest BCUT2D eigenvalue weighted by Gasteiger charge is 2.34. The van der Waals surface area contributed by atoms with Crippen LogP contribution in [-0.2, 0) is 22.6 Å². The van der Waals surface area contributed by atoms with Crippen LogP contribution in [0.15, 0.2) is 6.20 Å². The van der Waals surface area contributed by atoms with Gasteiger partial charge in [-0.15, -0.1) is 13.2 Å². The second-order valence-corrected chi connectivity index (χ2v) is 3.52. The first-order valence-electron chi connectivity index (χ1n) is 5.25. The maximum absolute atomic E-state index is 12.8. The highest BCUT2D eigenvalue weighted by molar-refractivity contribution is 5.74. The molecule has 0 unspecified atom stereocenters. The fraction of sp³-hybridized carbons (Fsp3) is 0.455. The fourth-order valence-electron chi connectivity index (χ4n) is 1.49. The zero-order chi connectivity index (χ0) is 15.3. The van der Waals surface area contributed by atoms with Crippen molar-refractivity contribution in [2.75, 3.05) is 14.2 Å². The lowest BCUT2D eigenvalue weighted by atomic mass is 10.1. The summed E-state index contributed by atoms with van der Waals surface area (Å²) >= 11 is 0. The van der Waals surface area contributed by atoms with E-state index in [2.05, 4.69) is 14.5 Å². The van der Waals surface area contributed by atoms with Crippen molar-refractivity contribution in [1.29, 1.82) is 0 Å². The zero-order valence-corrected chi connectivity index (χ0v) is 10.6. The van der Waals surface area contributed by atoms with E-state index in [1.54, 1.807) is 0 Å². The Morgan fingerprint density at radius 2 is 2.00 bits per heavy atom. The number of ether oxygens (including phenoxy) is 3. The number of nitrogens with zero attached hydrogens (tertiary/aromatic N) is 1. The molecule has 20 heavy (non-hydrogen) atoms. The van der Waals surface area contributed by atoms with Crippen LogP contribution >= 0.6 is 0 Å². The molecule has 1 aromatic heterocycles. The van der Waals surface area contributed by atoms with Crippen molar-refractivity contribution in [2.45, 2.75) is 19.5 Å². The Labute approximate surface area is 111 Å². The van der Waals surface area contributed by atoms with Gasteiger partial charge in [-0.25, -0.2) is 4.39 Å². The van der Waals surface area contributed by atoms with Crippen LogP contribution in [0.3, 0.4) is 0 Å². The number of carbonyl (C=O) groups is 1. The number of halogens is 4. The largest absolute Gasteiger partial charge is 0.573 e. The predicted octanol–water partition coefficient (Wildman–Crippen LogP) is 2.17. The molecule has 0 radical (unpaired) electrons. The van der Waals surface area contributed by atoms with Crippen molar-refractivity contribution >= 4 is 5.97 Å². The van der Waals surface area contributed by atoms with Crippen molar-refractivity contribution in [1.82, 2.24) is 4.98 Å². The minimum Gasteiger partial charge on any atom is -0.492 e. The van der Waals surface area contributed by atoms with Crippen LogP contribution in [-0.4, -0.2) is 31.5 Å². The molecule has 0 aliphatic carbocycles. The summed E-state index contributed by atoms with van der Waals surface area (Å²) in [7, 11) is 2.16. The first-order chi connectivity index (χ1) is 9.32. The summed E-state index contributed by atoms with van der Waals surface area (Å²) in [5, 5.41) is 0. The molecule has 1 heterocycles. The summed E-state index contributed by atoms with van der Waals surface area (Å²) in [5.74, 6) is -1.93. The first kappa shape index (κ1) is 16.0. The molecule has 1 rings (SSSR count). The molecule has 0 aliphatic rings. The molecule has 0 N–H and O–H groups in total. The average molecular weight is 297 g/mol. The normalized spacial score (nSPS) is 11.1. The zero-order valence-electron chi connectivity index (χ0n) is 10.6. The van der Waals surface area contributed by atoms with Gasteiger partial charge >= 0.3 is 12.3 Å². The Morgan fingerprint density at radius 1 is 1.35 bits per heavy atom. The minimum atomic E-state index is -4.96. The van der Waals surface area contributed by atoms with E-state index in [-0.39, 0.29) is 11.3 Å². The molecule has 0 bridgehead atoms. The number of hydrogen-bond donors (Lipinski definition) is 0. The van der Waals surface area contributed by atoms with Gasteiger partial charge in [0, 0.05) is 5.56 Å². The van der Waals surface area contributed by atoms with Crippen molar-refractivity contribution in [3.05, 3.63) is 17.5 Å². The van der Waals surface area contributed by atoms with Crippen LogP contribution in [0.5, 0.6) is 11.5 Å². The summed E-state index contributed by atoms with van der Waals surface area (Å²) in [5.41, 5.74) is -0.370. The number of methoxy groups -OCH3 is 2. The van der Waals surface area contributed by atoms with Gasteiger partial charge in [0.15, 0.2) is 11.5 Å². The number of alkyl halides is 4. The van der Waals surface area contributed by atoms with Crippen LogP contribution in [0.4, 0.5) is 17.6 Å². The lowest BCUT2D eigenvalue weighted by Crippen LogP contribution is -2.19. The van der Waals surface area contributed by atoms with Gasteiger partial charge in [0.2, 0.25) is 0 Å². The standard InChI is InChI=1S/C11H11F4NO4/c1-18-9(17)3-6-7(4-12)16-5-8(10(6)19-2)20-11(13,14)15/h5H,3-4H2,1-2H3. The number of hydrogen-bond acceptors (Lipinski definition) is 5. The van der Waals surface area contributed by atoms with Gasteiger partial charge in [0.25, 0.3) is 0 Å². The third-order valence-corrected chi connectivity index (χ3v) is 2.29. The lowest BCUT2D eigenvalue weighted by molar-refractivity contribution is -0.275. The van der Waals surface area contributed by atoms with Gasteiger partial charge in [-0.05, 0) is 0 Å². The van der Waals surface area contributed by atoms with Gasteiger partial charge in [0.1, 0.15) is 6.67 Å². The van der Waals surface area contributed by atoms with Crippen molar-refractivity contribution in [3.63, 3.8) is 0 Å². The molecule has 9 heteroatoms. The number of carbonyl (C=O) groups excluding carboxylic acids is 1. The number of esters is 1. The lowest BCUT2D eigenvalue weighted by Gasteiger charge is -2.16. The molecule has 0 aromatic carbocycles. The third-order valence-electron chi connectivity index (χ3n) is 2.29. The van der Waals surface area contributed by atoms with E-state index in [9.17, 15) is 22.4 Å². The second kappa shape index (κ2) is 6.40. The van der Waals surface area contributed by atoms with Gasteiger partial charge in [-0.1, -0.05) is 0 Å². The first-order valence-corrected chi connectivity index (χ1v) is 5.25. The van der Waals surface area contributed by atoms with Crippen molar-refractivity contribution in [3.8, 4) is 11.5 Å². The topological polar surface area (TPSA) is 57.7 Å². The smallest absolute Gasteiger partial charge is 0.492 e. The van der Waals surface area contributed by atoms with Crippen LogP contribution in [0.25, 0.3) is 0 Å². The maximum atomic E-state index is 12.8. The Bertz CT molecular complexity index is 490. The van der Waals surface area contributed by atoms with E-state index in [1.807, 2.05) is 0 Å². The Kier molecular flexibility index (Phi) is 5.12. The van der Waals surface area contributed by atoms with Crippen LogP contribution in [0.2, 0.25) is 0 Å². The summed E-state index contributed by atoms with van der Waals surface area (Å²) in [4.78, 5) is 14.7. The third kappa shape index (κ3) is 3.97. The maximum Gasteiger partial charge on any atom is 0.573 e. The Balaban J connectivity index is 3.28. The number of rotatable bonds is 5. The molecule has 0 saturated heterocycles. The molecule has 0 spiro atoms. The Hall–Kier alpha value is -2.06. The van der Waals surface area contributed by atoms with Gasteiger partial charge in [-0.2, -0.15) is 0 Å². The summed E-state index contributed by atoms with van der Waals surface area (Å²) in [6, 6.07) is 0. The molecule has 5 nitrogen and oxygen atoms in total. The van der Waals surface area contributed by atoms with Gasteiger partial charge < -0.3 is 14.2 Å². The van der Waals surface area contributed by atoms with E-state index in [4.69, 9.17) is 4.74 Å². The number of pyridine rings is 1. The quantitative estimate of drug-likeness (QED) is 0.616. The molecule has 1 aromatic rings. The van der Waals surface area contributed by atoms with E-state index in [0.29, 0.717) is 6.20 Å². The van der Waals surface area contributed by atoms with E-state index in [0.717, 1.165) is 14.2 Å². The van der Waals surface area contributed by atoms with Crippen LogP contribution in [0, 0.1) is 0 Å². The predicted molar refractivity (Wildman–Crippen MR) is 58.0 cm³/mol. The average Bonchev–Trinajstić information content (AvgIpc) is 2.37. The van der Waals surface area contributed by atoms with Crippen molar-refractivity contribution < 1.29 is 36.6 Å². The molecule has 0 fully saturated rings. The molecule has 112 valence electrons. The molecular weight excluding hydrogens is 286 g/mol. The summed E-state index contributed by atoms with van der Waals surface area (Å²) < 4.78 is 62.4. The van der Waals surface area contributed by atoms with E-state index in [1.165, 1.54) is 0 Å². The highest BCUT2D eigenvalue weighted by atomic mass is 19.4. The molecule has 0 aliphatic heterocycles. The minimum absolute atomic E-state index is 0.149. The monoisotopic (exact) mass is 297 g/mol. The number of aromatic nitrogens is 1. The summed E-state index contributed by atoms with van der Waals surface area (Å²) in [6.07, 6.45) is -4.77. The second-order valence-electron chi connectivity index (χ2n) is 3.52. The molecule has 0 atom stereocenters. The molecule has 0 saturated carbocycles. The van der Waals surface area contributed by atoms with Gasteiger partial charge in [-0.3, -0.25) is 9.78 Å². The van der Waals surface area contributed by atoms with Crippen molar-refractivity contribution in [2.24, 2.45) is 0 Å². The molecule has 0 amide bonds. The van der Waals surface area contributed by atoms with Crippen LogP contribution in [0.1, 0.15) is 11.3 Å². The summed E-state index contributed by atoms with van der Waals surface area (Å²) in [6.45, 7) is -1.07. The molecular formula is C11H11F4NO4. The van der Waals surface area contributed by atoms with Crippen LogP contribution < -0.4 is 9.47 Å². The Morgan fingerprint density at radius 3 is 2.45 bits per heavy atom. The van der Waals surface area contributed by atoms with Gasteiger partial charge in [0.05, 0.1) is 32.5 Å². The highest BCUT2D eigenvalue weighted by Crippen LogP contribution is 2.36.